The minimum atomic E-state index is -0.315. The molecule has 2 aromatic heterocycles. The number of nitrogens with zero attached hydrogens (tertiary/aromatic N) is 2. The van der Waals surface area contributed by atoms with Gasteiger partial charge in [-0.25, -0.2) is 9.67 Å². The molecule has 0 spiro atoms. The number of aromatic nitrogens is 3. The lowest BCUT2D eigenvalue weighted by molar-refractivity contribution is 0.633. The van der Waals surface area contributed by atoms with Gasteiger partial charge in [-0.15, -0.1) is 11.3 Å². The number of aromatic amines is 1. The van der Waals surface area contributed by atoms with Crippen molar-refractivity contribution in [2.75, 3.05) is 0 Å². The molecule has 2 aromatic rings. The van der Waals surface area contributed by atoms with E-state index in [2.05, 4.69) is 10.1 Å². The molecular formula is C8H6ClN3O2S. The number of halogens is 1. The highest BCUT2D eigenvalue weighted by Crippen LogP contribution is 2.17. The van der Waals surface area contributed by atoms with Crippen LogP contribution in [0.1, 0.15) is 4.88 Å². The third-order valence-electron chi connectivity index (χ3n) is 1.73. The van der Waals surface area contributed by atoms with E-state index < -0.39 is 0 Å². The first-order valence-electron chi connectivity index (χ1n) is 4.05. The van der Waals surface area contributed by atoms with E-state index in [0.29, 0.717) is 4.47 Å². The normalized spacial score (nSPS) is 10.5. The van der Waals surface area contributed by atoms with E-state index in [1.54, 1.807) is 6.20 Å². The zero-order valence-corrected chi connectivity index (χ0v) is 9.01. The van der Waals surface area contributed by atoms with Gasteiger partial charge in [0.05, 0.1) is 6.54 Å². The maximum absolute atomic E-state index is 11.3. The molecule has 5 nitrogen and oxygen atoms in total. The molecule has 15 heavy (non-hydrogen) atoms. The Kier molecular flexibility index (Phi) is 2.70. The van der Waals surface area contributed by atoms with Crippen LogP contribution in [0.3, 0.4) is 0 Å². The number of H-pyrrole nitrogens is 1. The molecule has 0 unspecified atom stereocenters. The largest absolute Gasteiger partial charge is 0.268 e. The van der Waals surface area contributed by atoms with E-state index in [1.165, 1.54) is 28.2 Å². The van der Waals surface area contributed by atoms with Crippen molar-refractivity contribution in [3.63, 3.8) is 0 Å². The third kappa shape index (κ3) is 2.34. The van der Waals surface area contributed by atoms with E-state index in [9.17, 15) is 9.59 Å². The minimum absolute atomic E-state index is 0.265. The molecule has 2 rings (SSSR count). The van der Waals surface area contributed by atoms with Gasteiger partial charge in [0.1, 0.15) is 0 Å². The molecule has 0 aromatic carbocycles. The summed E-state index contributed by atoms with van der Waals surface area (Å²) in [5.41, 5.74) is -0.579. The van der Waals surface area contributed by atoms with Crippen molar-refractivity contribution in [2.24, 2.45) is 0 Å². The van der Waals surface area contributed by atoms with Gasteiger partial charge in [-0.3, -0.25) is 14.7 Å². The summed E-state index contributed by atoms with van der Waals surface area (Å²) in [5, 5.41) is 2.42. The molecule has 0 aliphatic carbocycles. The number of thiazole rings is 1. The summed E-state index contributed by atoms with van der Waals surface area (Å²) in [6.07, 6.45) is 1.57. The molecule has 78 valence electrons. The predicted octanol–water partition coefficient (Wildman–Crippen LogP) is 0.695. The molecule has 7 heteroatoms. The van der Waals surface area contributed by atoms with Crippen LogP contribution in [0.25, 0.3) is 0 Å². The summed E-state index contributed by atoms with van der Waals surface area (Å²) in [6, 6.07) is 2.42. The molecule has 0 amide bonds. The smallest absolute Gasteiger partial charge is 0.265 e. The first kappa shape index (κ1) is 10.1. The summed E-state index contributed by atoms with van der Waals surface area (Å²) in [5.74, 6) is 0. The molecule has 0 aliphatic heterocycles. The van der Waals surface area contributed by atoms with Crippen LogP contribution in [0, 0.1) is 0 Å². The first-order valence-corrected chi connectivity index (χ1v) is 5.25. The zero-order chi connectivity index (χ0) is 10.8. The fourth-order valence-electron chi connectivity index (χ4n) is 1.09. The van der Waals surface area contributed by atoms with Gasteiger partial charge in [-0.1, -0.05) is 11.6 Å². The third-order valence-corrected chi connectivity index (χ3v) is 2.83. The summed E-state index contributed by atoms with van der Waals surface area (Å²) in [7, 11) is 0. The zero-order valence-electron chi connectivity index (χ0n) is 7.44. The summed E-state index contributed by atoms with van der Waals surface area (Å²) in [4.78, 5) is 27.0. The average Bonchev–Trinajstić information content (AvgIpc) is 2.58. The van der Waals surface area contributed by atoms with E-state index >= 15 is 0 Å². The second-order valence-electron chi connectivity index (χ2n) is 2.81. The van der Waals surface area contributed by atoms with Crippen LogP contribution in [0.4, 0.5) is 0 Å². The molecular weight excluding hydrogens is 238 g/mol. The van der Waals surface area contributed by atoms with Gasteiger partial charge < -0.3 is 0 Å². The number of hydrogen-bond acceptors (Lipinski definition) is 4. The molecule has 0 radical (unpaired) electrons. The first-order chi connectivity index (χ1) is 7.15. The van der Waals surface area contributed by atoms with Gasteiger partial charge in [-0.2, -0.15) is 0 Å². The Morgan fingerprint density at radius 2 is 2.27 bits per heavy atom. The Hall–Kier alpha value is -1.40. The van der Waals surface area contributed by atoms with Gasteiger partial charge in [0.25, 0.3) is 11.1 Å². The molecule has 2 heterocycles. The van der Waals surface area contributed by atoms with Gasteiger partial charge in [-0.05, 0) is 0 Å². The Balaban J connectivity index is 2.35. The summed E-state index contributed by atoms with van der Waals surface area (Å²) >= 11 is 6.92. The maximum Gasteiger partial charge on any atom is 0.265 e. The van der Waals surface area contributed by atoms with Crippen molar-refractivity contribution in [1.29, 1.82) is 0 Å². The SMILES string of the molecule is O=c1ccc(=O)n(Cc2cnc(Cl)s2)[nH]1. The summed E-state index contributed by atoms with van der Waals surface area (Å²) in [6.45, 7) is 0.277. The molecule has 0 atom stereocenters. The Morgan fingerprint density at radius 1 is 1.47 bits per heavy atom. The standard InChI is InChI=1S/C8H6ClN3O2S/c9-8-10-3-5(15-8)4-12-7(14)2-1-6(13)11-12/h1-3H,4H2,(H,11,13). The van der Waals surface area contributed by atoms with Gasteiger partial charge in [0, 0.05) is 23.2 Å². The highest BCUT2D eigenvalue weighted by Gasteiger charge is 2.02. The second kappa shape index (κ2) is 4.00. The van der Waals surface area contributed by atoms with Crippen LogP contribution in [0.5, 0.6) is 0 Å². The maximum atomic E-state index is 11.3. The second-order valence-corrected chi connectivity index (χ2v) is 4.51. The van der Waals surface area contributed by atoms with Crippen LogP contribution >= 0.6 is 22.9 Å². The van der Waals surface area contributed by atoms with Crippen LogP contribution < -0.4 is 11.1 Å². The highest BCUT2D eigenvalue weighted by molar-refractivity contribution is 7.15. The van der Waals surface area contributed by atoms with Crippen molar-refractivity contribution in [2.45, 2.75) is 6.54 Å². The van der Waals surface area contributed by atoms with Crippen LogP contribution in [-0.2, 0) is 6.54 Å². The topological polar surface area (TPSA) is 67.8 Å². The number of nitrogens with one attached hydrogen (secondary N) is 1. The van der Waals surface area contributed by atoms with Crippen LogP contribution in [-0.4, -0.2) is 14.8 Å². The van der Waals surface area contributed by atoms with Gasteiger partial charge in [0.15, 0.2) is 4.47 Å². The van der Waals surface area contributed by atoms with E-state index in [1.807, 2.05) is 0 Å². The van der Waals surface area contributed by atoms with Crippen molar-refractivity contribution in [3.8, 4) is 0 Å². The van der Waals surface area contributed by atoms with Crippen LogP contribution in [0.2, 0.25) is 4.47 Å². The highest BCUT2D eigenvalue weighted by atomic mass is 35.5. The lowest BCUT2D eigenvalue weighted by Gasteiger charge is -2.00. The lowest BCUT2D eigenvalue weighted by Crippen LogP contribution is -2.28. The fourth-order valence-corrected chi connectivity index (χ4v) is 2.06. The van der Waals surface area contributed by atoms with Gasteiger partial charge in [0.2, 0.25) is 0 Å². The summed E-state index contributed by atoms with van der Waals surface area (Å²) < 4.78 is 1.63. The molecule has 0 saturated heterocycles. The minimum Gasteiger partial charge on any atom is -0.268 e. The molecule has 1 N–H and O–H groups in total. The van der Waals surface area contributed by atoms with E-state index in [4.69, 9.17) is 11.6 Å². The number of hydrogen-bond donors (Lipinski definition) is 1. The van der Waals surface area contributed by atoms with E-state index in [-0.39, 0.29) is 17.7 Å². The molecule has 0 aliphatic rings. The van der Waals surface area contributed by atoms with Crippen molar-refractivity contribution in [3.05, 3.63) is 48.4 Å². The molecule has 0 saturated carbocycles. The predicted molar refractivity (Wildman–Crippen MR) is 57.5 cm³/mol. The van der Waals surface area contributed by atoms with Crippen molar-refractivity contribution >= 4 is 22.9 Å². The Labute approximate surface area is 93.0 Å². The molecule has 0 bridgehead atoms. The van der Waals surface area contributed by atoms with E-state index in [0.717, 1.165) is 4.88 Å². The Bertz CT molecular complexity index is 586. The number of rotatable bonds is 2. The van der Waals surface area contributed by atoms with Gasteiger partial charge >= 0.3 is 0 Å². The van der Waals surface area contributed by atoms with Crippen LogP contribution in [0.15, 0.2) is 27.9 Å². The fraction of sp³-hybridized carbons (Fsp3) is 0.125. The van der Waals surface area contributed by atoms with Crippen molar-refractivity contribution in [1.82, 2.24) is 14.8 Å². The Morgan fingerprint density at radius 3 is 2.93 bits per heavy atom. The molecule has 0 fully saturated rings. The quantitative estimate of drug-likeness (QED) is 0.844. The van der Waals surface area contributed by atoms with Crippen molar-refractivity contribution < 1.29 is 0 Å². The average molecular weight is 244 g/mol. The monoisotopic (exact) mass is 243 g/mol. The lowest BCUT2D eigenvalue weighted by atomic mass is 10.5.